The largest absolute Gasteiger partial charge is 0.452 e. The van der Waals surface area contributed by atoms with E-state index in [1.807, 2.05) is 38.1 Å². The first-order valence-corrected chi connectivity index (χ1v) is 8.02. The topological polar surface area (TPSA) is 68.3 Å². The van der Waals surface area contributed by atoms with Gasteiger partial charge in [0.15, 0.2) is 6.61 Å². The van der Waals surface area contributed by atoms with Gasteiger partial charge in [-0.25, -0.2) is 9.78 Å². The highest BCUT2D eigenvalue weighted by Gasteiger charge is 2.15. The van der Waals surface area contributed by atoms with E-state index in [0.717, 1.165) is 17.5 Å². The number of hydrogen-bond acceptors (Lipinski definition) is 4. The van der Waals surface area contributed by atoms with Gasteiger partial charge in [-0.2, -0.15) is 0 Å². The molecule has 1 aromatic heterocycles. The Kier molecular flexibility index (Phi) is 6.32. The summed E-state index contributed by atoms with van der Waals surface area (Å²) in [5, 5.41) is 3.15. The van der Waals surface area contributed by atoms with Crippen LogP contribution in [0.5, 0.6) is 0 Å². The van der Waals surface area contributed by atoms with Crippen LogP contribution in [-0.2, 0) is 9.53 Å². The molecule has 0 aliphatic carbocycles. The summed E-state index contributed by atoms with van der Waals surface area (Å²) in [5.74, 6) is -0.963. The number of aromatic nitrogens is 1. The van der Waals surface area contributed by atoms with Gasteiger partial charge in [0.2, 0.25) is 0 Å². The van der Waals surface area contributed by atoms with Crippen molar-refractivity contribution < 1.29 is 14.3 Å². The normalized spacial score (nSPS) is 11.6. The molecule has 1 heterocycles. The molecule has 1 aromatic carbocycles. The number of nitrogens with zero attached hydrogens (tertiary/aromatic N) is 1. The van der Waals surface area contributed by atoms with Gasteiger partial charge in [0.25, 0.3) is 5.91 Å². The van der Waals surface area contributed by atoms with E-state index in [4.69, 9.17) is 16.3 Å². The lowest BCUT2D eigenvalue weighted by molar-refractivity contribution is -0.125. The molecular formula is C18H19ClN2O3. The Hall–Kier alpha value is -2.40. The number of carbonyl (C=O) groups excluding carboxylic acids is 2. The number of halogens is 1. The fourth-order valence-corrected chi connectivity index (χ4v) is 2.28. The van der Waals surface area contributed by atoms with Crippen LogP contribution in [-0.4, -0.2) is 23.5 Å². The number of aryl methyl sites for hydroxylation is 1. The van der Waals surface area contributed by atoms with E-state index in [1.165, 1.54) is 18.3 Å². The third-order valence-corrected chi connectivity index (χ3v) is 3.74. The van der Waals surface area contributed by atoms with Gasteiger partial charge in [-0.15, -0.1) is 0 Å². The molecule has 0 bridgehead atoms. The van der Waals surface area contributed by atoms with Crippen molar-refractivity contribution in [1.29, 1.82) is 0 Å². The lowest BCUT2D eigenvalue weighted by atomic mass is 10.0. The fourth-order valence-electron chi connectivity index (χ4n) is 2.17. The molecule has 0 aliphatic heterocycles. The third kappa shape index (κ3) is 5.06. The highest BCUT2D eigenvalue weighted by atomic mass is 35.5. The quantitative estimate of drug-likeness (QED) is 0.642. The predicted octanol–water partition coefficient (Wildman–Crippen LogP) is 3.47. The molecule has 0 saturated carbocycles. The molecule has 1 N–H and O–H groups in total. The van der Waals surface area contributed by atoms with Gasteiger partial charge in [-0.05, 0) is 31.0 Å². The predicted molar refractivity (Wildman–Crippen MR) is 91.9 cm³/mol. The van der Waals surface area contributed by atoms with Crippen molar-refractivity contribution in [2.45, 2.75) is 26.3 Å². The highest BCUT2D eigenvalue weighted by molar-refractivity contribution is 6.29. The minimum absolute atomic E-state index is 0.117. The van der Waals surface area contributed by atoms with Crippen LogP contribution < -0.4 is 5.32 Å². The fraction of sp³-hybridized carbons (Fsp3) is 0.278. The van der Waals surface area contributed by atoms with Crippen LogP contribution in [0.3, 0.4) is 0 Å². The molecule has 24 heavy (non-hydrogen) atoms. The number of ether oxygens (including phenoxy) is 1. The van der Waals surface area contributed by atoms with Crippen molar-refractivity contribution >= 4 is 23.5 Å². The summed E-state index contributed by atoms with van der Waals surface area (Å²) in [6, 6.07) is 10.8. The molecule has 0 aliphatic rings. The van der Waals surface area contributed by atoms with Crippen molar-refractivity contribution in [1.82, 2.24) is 10.3 Å². The van der Waals surface area contributed by atoms with Crippen LogP contribution in [0.15, 0.2) is 42.6 Å². The molecular weight excluding hydrogens is 328 g/mol. The summed E-state index contributed by atoms with van der Waals surface area (Å²) in [5.41, 5.74) is 2.42. The molecule has 126 valence electrons. The second-order valence-corrected chi connectivity index (χ2v) is 5.77. The Bertz CT molecular complexity index is 699. The Morgan fingerprint density at radius 3 is 2.50 bits per heavy atom. The lowest BCUT2D eigenvalue weighted by Gasteiger charge is -2.17. The van der Waals surface area contributed by atoms with Gasteiger partial charge in [-0.3, -0.25) is 4.79 Å². The van der Waals surface area contributed by atoms with E-state index in [2.05, 4.69) is 10.3 Å². The van der Waals surface area contributed by atoms with Crippen LogP contribution in [0.25, 0.3) is 0 Å². The zero-order chi connectivity index (χ0) is 17.5. The van der Waals surface area contributed by atoms with Crippen molar-refractivity contribution in [3.8, 4) is 0 Å². The van der Waals surface area contributed by atoms with Gasteiger partial charge in [0.1, 0.15) is 5.15 Å². The van der Waals surface area contributed by atoms with E-state index >= 15 is 0 Å². The summed E-state index contributed by atoms with van der Waals surface area (Å²) >= 11 is 5.66. The summed E-state index contributed by atoms with van der Waals surface area (Å²) in [6.45, 7) is 3.65. The van der Waals surface area contributed by atoms with Gasteiger partial charge in [-0.1, -0.05) is 48.4 Å². The maximum Gasteiger partial charge on any atom is 0.340 e. The average Bonchev–Trinajstić information content (AvgIpc) is 2.59. The number of pyridine rings is 1. The van der Waals surface area contributed by atoms with Crippen molar-refractivity contribution in [2.75, 3.05) is 6.61 Å². The number of nitrogens with one attached hydrogen (secondary N) is 1. The van der Waals surface area contributed by atoms with Crippen LogP contribution in [0, 0.1) is 6.92 Å². The third-order valence-electron chi connectivity index (χ3n) is 3.52. The second-order valence-electron chi connectivity index (χ2n) is 5.38. The van der Waals surface area contributed by atoms with Crippen molar-refractivity contribution in [2.24, 2.45) is 0 Å². The maximum atomic E-state index is 12.0. The molecule has 0 saturated heterocycles. The van der Waals surface area contributed by atoms with E-state index < -0.39 is 5.97 Å². The summed E-state index contributed by atoms with van der Waals surface area (Å²) < 4.78 is 5.00. The molecule has 0 spiro atoms. The van der Waals surface area contributed by atoms with Crippen LogP contribution in [0.4, 0.5) is 0 Å². The molecule has 6 heteroatoms. The van der Waals surface area contributed by atoms with Crippen molar-refractivity contribution in [3.63, 3.8) is 0 Å². The molecule has 2 rings (SSSR count). The highest BCUT2D eigenvalue weighted by Crippen LogP contribution is 2.17. The Labute approximate surface area is 146 Å². The van der Waals surface area contributed by atoms with E-state index in [9.17, 15) is 9.59 Å². The SMILES string of the molecule is CC[C@@H](NC(=O)COC(=O)c1ccc(Cl)nc1)c1ccc(C)cc1. The molecule has 0 fully saturated rings. The zero-order valence-electron chi connectivity index (χ0n) is 13.6. The number of amides is 1. The summed E-state index contributed by atoms with van der Waals surface area (Å²) in [6.07, 6.45) is 2.05. The minimum Gasteiger partial charge on any atom is -0.452 e. The first-order chi connectivity index (χ1) is 11.5. The monoisotopic (exact) mass is 346 g/mol. The number of benzene rings is 1. The number of rotatable bonds is 6. The lowest BCUT2D eigenvalue weighted by Crippen LogP contribution is -2.32. The summed E-state index contributed by atoms with van der Waals surface area (Å²) in [7, 11) is 0. The molecule has 0 unspecified atom stereocenters. The first-order valence-electron chi connectivity index (χ1n) is 7.64. The van der Waals surface area contributed by atoms with Crippen LogP contribution in [0.1, 0.15) is 40.9 Å². The van der Waals surface area contributed by atoms with Gasteiger partial charge in [0, 0.05) is 6.20 Å². The van der Waals surface area contributed by atoms with Gasteiger partial charge in [0.05, 0.1) is 11.6 Å². The molecule has 5 nitrogen and oxygen atoms in total. The van der Waals surface area contributed by atoms with Crippen LogP contribution in [0.2, 0.25) is 5.15 Å². The second kappa shape index (κ2) is 8.45. The van der Waals surface area contributed by atoms with E-state index in [0.29, 0.717) is 0 Å². The maximum absolute atomic E-state index is 12.0. The standard InChI is InChI=1S/C18H19ClN2O3/c1-3-15(13-6-4-12(2)5-7-13)21-17(22)11-24-18(23)14-8-9-16(19)20-10-14/h4-10,15H,3,11H2,1-2H3,(H,21,22)/t15-/m1/s1. The van der Waals surface area contributed by atoms with Crippen molar-refractivity contribution in [3.05, 3.63) is 64.4 Å². The Balaban J connectivity index is 1.88. The Morgan fingerprint density at radius 1 is 1.21 bits per heavy atom. The average molecular weight is 347 g/mol. The molecule has 1 amide bonds. The number of carbonyl (C=O) groups is 2. The molecule has 2 aromatic rings. The van der Waals surface area contributed by atoms with E-state index in [-0.39, 0.29) is 29.3 Å². The summed E-state index contributed by atoms with van der Waals surface area (Å²) in [4.78, 5) is 27.7. The molecule has 0 radical (unpaired) electrons. The van der Waals surface area contributed by atoms with E-state index in [1.54, 1.807) is 0 Å². The zero-order valence-corrected chi connectivity index (χ0v) is 14.3. The number of esters is 1. The minimum atomic E-state index is -0.613. The first kappa shape index (κ1) is 17.9. The Morgan fingerprint density at radius 2 is 1.92 bits per heavy atom. The number of hydrogen-bond donors (Lipinski definition) is 1. The smallest absolute Gasteiger partial charge is 0.340 e. The van der Waals surface area contributed by atoms with Crippen LogP contribution >= 0.6 is 11.6 Å². The van der Waals surface area contributed by atoms with Gasteiger partial charge >= 0.3 is 5.97 Å². The van der Waals surface area contributed by atoms with Gasteiger partial charge < -0.3 is 10.1 Å². The molecule has 1 atom stereocenters.